The lowest BCUT2D eigenvalue weighted by molar-refractivity contribution is 0.0698. The van der Waals surface area contributed by atoms with Crippen molar-refractivity contribution in [2.45, 2.75) is 4.90 Å². The summed E-state index contributed by atoms with van der Waals surface area (Å²) < 4.78 is 31.6. The highest BCUT2D eigenvalue weighted by atomic mass is 32.2. The van der Waals surface area contributed by atoms with Gasteiger partial charge in [0, 0.05) is 16.3 Å². The second kappa shape index (κ2) is 8.92. The number of carboxylic acids is 1. The van der Waals surface area contributed by atoms with Crippen LogP contribution in [0, 0.1) is 0 Å². The lowest BCUT2D eigenvalue weighted by atomic mass is 10.0. The molecule has 0 unspecified atom stereocenters. The monoisotopic (exact) mass is 438 g/mol. The van der Waals surface area contributed by atoms with Gasteiger partial charge in [0.05, 0.1) is 11.3 Å². The number of aldehydes is 1. The van der Waals surface area contributed by atoms with Gasteiger partial charge >= 0.3 is 5.97 Å². The van der Waals surface area contributed by atoms with E-state index < -0.39 is 16.1 Å². The zero-order valence-electron chi connectivity index (χ0n) is 16.0. The topological polar surface area (TPSA) is 147 Å². The normalized spacial score (nSPS) is 10.9. The van der Waals surface area contributed by atoms with Gasteiger partial charge in [-0.3, -0.25) is 15.2 Å². The molecular formula is C22H18N2O6S. The Hall–Kier alpha value is -3.79. The fourth-order valence-electron chi connectivity index (χ4n) is 3.25. The largest absolute Gasteiger partial charge is 0.478 e. The van der Waals surface area contributed by atoms with E-state index in [1.54, 1.807) is 42.5 Å². The van der Waals surface area contributed by atoms with E-state index in [9.17, 15) is 18.0 Å². The van der Waals surface area contributed by atoms with Crippen molar-refractivity contribution in [3.63, 3.8) is 0 Å². The van der Waals surface area contributed by atoms with Gasteiger partial charge in [-0.05, 0) is 22.9 Å². The fourth-order valence-corrected chi connectivity index (χ4v) is 4.12. The standard InChI is InChI=1S/C11H10N2O2.C11H8O4S/c12-13-10-8-4-2-1-3-7(8)5-6-9(10)11(14)15;12-7-9-6-5-8-3-1-2-4-10(8)11(9)16(13,14)15/h1-6,13H,12H2,(H,14,15);1-7H,(H,13,14,15). The average Bonchev–Trinajstić information content (AvgIpc) is 2.77. The maximum absolute atomic E-state index is 11.2. The first kappa shape index (κ1) is 21.9. The van der Waals surface area contributed by atoms with E-state index in [-0.39, 0.29) is 16.0 Å². The van der Waals surface area contributed by atoms with Crippen molar-refractivity contribution in [1.29, 1.82) is 0 Å². The number of anilines is 1. The second-order valence-corrected chi connectivity index (χ2v) is 7.82. The number of fused-ring (bicyclic) bond motifs is 2. The van der Waals surface area contributed by atoms with Crippen LogP contribution >= 0.6 is 0 Å². The summed E-state index contributed by atoms with van der Waals surface area (Å²) in [5.41, 5.74) is 3.02. The van der Waals surface area contributed by atoms with E-state index in [0.29, 0.717) is 22.7 Å². The van der Waals surface area contributed by atoms with E-state index in [1.165, 1.54) is 6.07 Å². The lowest BCUT2D eigenvalue weighted by Crippen LogP contribution is -2.12. The van der Waals surface area contributed by atoms with Crippen molar-refractivity contribution < 1.29 is 27.7 Å². The molecule has 4 aromatic carbocycles. The molecule has 0 aromatic heterocycles. The lowest BCUT2D eigenvalue weighted by Gasteiger charge is -2.08. The number of rotatable bonds is 4. The molecule has 0 saturated carbocycles. The summed E-state index contributed by atoms with van der Waals surface area (Å²) in [7, 11) is -4.40. The smallest absolute Gasteiger partial charge is 0.337 e. The number of hydrogen-bond donors (Lipinski definition) is 4. The van der Waals surface area contributed by atoms with Gasteiger partial charge in [0.15, 0.2) is 6.29 Å². The number of benzene rings is 4. The van der Waals surface area contributed by atoms with Crippen molar-refractivity contribution in [3.8, 4) is 0 Å². The molecule has 0 aliphatic rings. The van der Waals surface area contributed by atoms with Crippen LogP contribution in [-0.2, 0) is 10.1 Å². The Labute approximate surface area is 177 Å². The zero-order chi connectivity index (χ0) is 22.6. The molecule has 0 amide bonds. The van der Waals surface area contributed by atoms with Crippen molar-refractivity contribution >= 4 is 49.6 Å². The summed E-state index contributed by atoms with van der Waals surface area (Å²) in [6.45, 7) is 0. The molecule has 9 heteroatoms. The molecule has 0 radical (unpaired) electrons. The zero-order valence-corrected chi connectivity index (χ0v) is 16.8. The van der Waals surface area contributed by atoms with Crippen LogP contribution in [0.4, 0.5) is 5.69 Å². The Bertz CT molecular complexity index is 1400. The molecule has 0 aliphatic carbocycles. The average molecular weight is 438 g/mol. The summed E-state index contributed by atoms with van der Waals surface area (Å²) in [6, 6.07) is 20.4. The Morgan fingerprint density at radius 1 is 0.871 bits per heavy atom. The van der Waals surface area contributed by atoms with Gasteiger partial charge in [-0.15, -0.1) is 0 Å². The molecule has 0 heterocycles. The Morgan fingerprint density at radius 2 is 1.42 bits per heavy atom. The molecule has 8 nitrogen and oxygen atoms in total. The van der Waals surface area contributed by atoms with E-state index in [4.69, 9.17) is 15.5 Å². The maximum atomic E-state index is 11.2. The summed E-state index contributed by atoms with van der Waals surface area (Å²) in [5, 5.41) is 11.7. The minimum absolute atomic E-state index is 0.0406. The summed E-state index contributed by atoms with van der Waals surface area (Å²) in [4.78, 5) is 21.3. The predicted octanol–water partition coefficient (Wildman–Crippen LogP) is 3.72. The van der Waals surface area contributed by atoms with Gasteiger partial charge in [-0.25, -0.2) is 4.79 Å². The van der Waals surface area contributed by atoms with Crippen LogP contribution in [-0.4, -0.2) is 30.3 Å². The minimum Gasteiger partial charge on any atom is -0.478 e. The van der Waals surface area contributed by atoms with Gasteiger partial charge in [0.25, 0.3) is 10.1 Å². The molecule has 4 rings (SSSR count). The Morgan fingerprint density at radius 3 is 1.97 bits per heavy atom. The van der Waals surface area contributed by atoms with E-state index >= 15 is 0 Å². The van der Waals surface area contributed by atoms with Gasteiger partial charge in [-0.1, -0.05) is 60.7 Å². The molecule has 0 spiro atoms. The number of nitrogens with two attached hydrogens (primary N) is 1. The van der Waals surface area contributed by atoms with Crippen LogP contribution in [0.15, 0.2) is 77.7 Å². The van der Waals surface area contributed by atoms with Gasteiger partial charge in [0.2, 0.25) is 0 Å². The molecule has 158 valence electrons. The van der Waals surface area contributed by atoms with Gasteiger partial charge in [-0.2, -0.15) is 8.42 Å². The molecule has 0 fully saturated rings. The van der Waals surface area contributed by atoms with Crippen LogP contribution in [0.5, 0.6) is 0 Å². The minimum atomic E-state index is -4.40. The first-order valence-corrected chi connectivity index (χ1v) is 10.4. The van der Waals surface area contributed by atoms with E-state index in [0.717, 1.165) is 10.8 Å². The molecule has 31 heavy (non-hydrogen) atoms. The van der Waals surface area contributed by atoms with E-state index in [1.807, 2.05) is 24.3 Å². The van der Waals surface area contributed by atoms with Crippen molar-refractivity contribution in [2.24, 2.45) is 5.84 Å². The third-order valence-electron chi connectivity index (χ3n) is 4.60. The third kappa shape index (κ3) is 4.53. The molecule has 0 bridgehead atoms. The number of hydrogen-bond acceptors (Lipinski definition) is 6. The molecule has 0 aliphatic heterocycles. The van der Waals surface area contributed by atoms with Crippen LogP contribution in [0.1, 0.15) is 20.7 Å². The van der Waals surface area contributed by atoms with Crippen LogP contribution in [0.25, 0.3) is 21.5 Å². The first-order valence-electron chi connectivity index (χ1n) is 8.94. The van der Waals surface area contributed by atoms with Crippen LogP contribution in [0.2, 0.25) is 0 Å². The summed E-state index contributed by atoms with van der Waals surface area (Å²) >= 11 is 0. The number of carboxylic acid groups (broad SMARTS) is 1. The van der Waals surface area contributed by atoms with Crippen molar-refractivity contribution in [1.82, 2.24) is 0 Å². The first-order chi connectivity index (χ1) is 14.8. The van der Waals surface area contributed by atoms with Crippen LogP contribution < -0.4 is 11.3 Å². The van der Waals surface area contributed by atoms with Gasteiger partial charge in [0.1, 0.15) is 4.90 Å². The SMILES string of the molecule is NNc1c(C(=O)O)ccc2ccccc12.O=Cc1ccc2ccccc2c1S(=O)(=O)O. The molecule has 4 aromatic rings. The van der Waals surface area contributed by atoms with Crippen LogP contribution in [0.3, 0.4) is 0 Å². The highest BCUT2D eigenvalue weighted by Gasteiger charge is 2.18. The third-order valence-corrected chi connectivity index (χ3v) is 5.57. The number of nitrogens with one attached hydrogen (secondary N) is 1. The predicted molar refractivity (Wildman–Crippen MR) is 118 cm³/mol. The van der Waals surface area contributed by atoms with Gasteiger partial charge < -0.3 is 10.5 Å². The Balaban J connectivity index is 0.000000176. The highest BCUT2D eigenvalue weighted by Crippen LogP contribution is 2.27. The van der Waals surface area contributed by atoms with Crippen molar-refractivity contribution in [3.05, 3.63) is 83.9 Å². The van der Waals surface area contributed by atoms with E-state index in [2.05, 4.69) is 5.43 Å². The second-order valence-electron chi connectivity index (χ2n) is 6.46. The molecule has 0 saturated heterocycles. The number of hydrazine groups is 1. The Kier molecular flexibility index (Phi) is 6.30. The fraction of sp³-hybridized carbons (Fsp3) is 0. The quantitative estimate of drug-likeness (QED) is 0.163. The maximum Gasteiger partial charge on any atom is 0.337 e. The number of nitrogen functional groups attached to an aromatic ring is 1. The molecule has 0 atom stereocenters. The number of aromatic carboxylic acids is 1. The number of carbonyl (C=O) groups excluding carboxylic acids is 1. The molecule has 5 N–H and O–H groups in total. The highest BCUT2D eigenvalue weighted by molar-refractivity contribution is 7.86. The summed E-state index contributed by atoms with van der Waals surface area (Å²) in [6.07, 6.45) is 0.412. The summed E-state index contributed by atoms with van der Waals surface area (Å²) in [5.74, 6) is 4.35. The number of carbonyl (C=O) groups is 2. The molecular weight excluding hydrogens is 420 g/mol. The van der Waals surface area contributed by atoms with Crippen molar-refractivity contribution in [2.75, 3.05) is 5.43 Å².